The maximum atomic E-state index is 4.03. The van der Waals surface area contributed by atoms with Gasteiger partial charge >= 0.3 is 0 Å². The molecule has 5 heteroatoms. The molecule has 0 fully saturated rings. The number of para-hydroxylation sites is 2. The van der Waals surface area contributed by atoms with Crippen molar-refractivity contribution < 1.29 is 0 Å². The Labute approximate surface area is 395 Å². The molecule has 0 unspecified atom stereocenters. The Morgan fingerprint density at radius 3 is 1.90 bits per heavy atom. The minimum absolute atomic E-state index is 0.110. The van der Waals surface area contributed by atoms with E-state index in [0.717, 1.165) is 18.7 Å². The summed E-state index contributed by atoms with van der Waals surface area (Å²) in [5.41, 5.74) is 20.7. The van der Waals surface area contributed by atoms with E-state index in [-0.39, 0.29) is 10.8 Å². The van der Waals surface area contributed by atoms with Crippen molar-refractivity contribution >= 4 is 115 Å². The quantitative estimate of drug-likeness (QED) is 0.175. The van der Waals surface area contributed by atoms with Crippen molar-refractivity contribution in [2.24, 2.45) is 0 Å². The van der Waals surface area contributed by atoms with Crippen molar-refractivity contribution in [2.75, 3.05) is 5.32 Å². The van der Waals surface area contributed by atoms with Crippen LogP contribution in [0.4, 0.5) is 11.4 Å². The molecule has 0 spiro atoms. The Bertz CT molecular complexity index is 4070. The van der Waals surface area contributed by atoms with Crippen LogP contribution in [0.3, 0.4) is 0 Å². The standard InChI is InChI=1S/C62H50BN3S/c1-35-19-23-38(24-20-35)64-50-34-56-44(45-31-47-48(33-55(45)67-56)62(5,6)28-27-61(47,3)4)30-43(50)46-32-54(65-51-17-11-9-15-40(51)41-16-10-12-18-52(41)65)57-42-25-22-37-13-7-8-14-39(37)59(42)66-53-26-21-36(2)29-49(53)63-58(46)60(57)66/h7-26,29-34,63-64H,27-28H2,1-6H3. The summed E-state index contributed by atoms with van der Waals surface area (Å²) in [6, 6.07) is 60.4. The fourth-order valence-corrected chi connectivity index (χ4v) is 13.4. The molecule has 14 rings (SSSR count). The van der Waals surface area contributed by atoms with E-state index < -0.39 is 0 Å². The van der Waals surface area contributed by atoms with E-state index in [1.54, 1.807) is 0 Å². The predicted molar refractivity (Wildman–Crippen MR) is 292 cm³/mol. The molecule has 2 aliphatic rings. The smallest absolute Gasteiger partial charge is 0.198 e. The van der Waals surface area contributed by atoms with Crippen LogP contribution in [0.5, 0.6) is 0 Å². The SMILES string of the molecule is Cc1ccc(Nc2cc3sc4cc5c(cc4c3cc2-c2cc(-n3c4ccccc4c4ccccc43)c3c4ccc6ccccc6c4n4c3c2Bc2cc(C)ccc2-4)C(C)(C)CCC5(C)C)cc1. The zero-order chi connectivity index (χ0) is 45.1. The molecule has 0 amide bonds. The van der Waals surface area contributed by atoms with Crippen LogP contribution in [-0.2, 0) is 10.8 Å². The molecular formula is C62H50BN3S. The van der Waals surface area contributed by atoms with Crippen molar-refractivity contribution in [3.8, 4) is 22.5 Å². The van der Waals surface area contributed by atoms with Gasteiger partial charge in [-0.25, -0.2) is 0 Å². The lowest BCUT2D eigenvalue weighted by atomic mass is 9.58. The molecule has 0 bridgehead atoms. The van der Waals surface area contributed by atoms with Gasteiger partial charge in [0.25, 0.3) is 0 Å². The minimum Gasteiger partial charge on any atom is -0.355 e. The average Bonchev–Trinajstić information content (AvgIpc) is 3.99. The molecule has 1 N–H and O–H groups in total. The molecule has 3 aromatic heterocycles. The van der Waals surface area contributed by atoms with Crippen LogP contribution in [0.1, 0.15) is 62.8 Å². The second kappa shape index (κ2) is 13.7. The fourth-order valence-electron chi connectivity index (χ4n) is 12.3. The van der Waals surface area contributed by atoms with Gasteiger partial charge in [0, 0.05) is 69.7 Å². The molecule has 1 aliphatic carbocycles. The number of nitrogens with one attached hydrogen (secondary N) is 1. The van der Waals surface area contributed by atoms with Gasteiger partial charge in [-0.3, -0.25) is 0 Å². The number of benzene rings is 9. The highest BCUT2D eigenvalue weighted by Gasteiger charge is 2.38. The third-order valence-corrected chi connectivity index (χ3v) is 17.0. The van der Waals surface area contributed by atoms with Crippen molar-refractivity contribution in [1.82, 2.24) is 9.13 Å². The summed E-state index contributed by atoms with van der Waals surface area (Å²) in [5, 5.41) is 14.4. The topological polar surface area (TPSA) is 21.9 Å². The fraction of sp³-hybridized carbons (Fsp3) is 0.161. The molecule has 4 heterocycles. The van der Waals surface area contributed by atoms with Crippen molar-refractivity contribution in [3.05, 3.63) is 180 Å². The number of hydrogen-bond donors (Lipinski definition) is 1. The van der Waals surface area contributed by atoms with Crippen LogP contribution in [-0.4, -0.2) is 16.4 Å². The van der Waals surface area contributed by atoms with Gasteiger partial charge in [0.15, 0.2) is 7.28 Å². The number of anilines is 2. The third-order valence-electron chi connectivity index (χ3n) is 15.9. The molecule has 0 radical (unpaired) electrons. The maximum absolute atomic E-state index is 4.03. The van der Waals surface area contributed by atoms with Crippen LogP contribution in [0.25, 0.3) is 97.1 Å². The van der Waals surface area contributed by atoms with Gasteiger partial charge in [0.1, 0.15) is 0 Å². The van der Waals surface area contributed by atoms with Crippen LogP contribution in [0.2, 0.25) is 0 Å². The predicted octanol–water partition coefficient (Wildman–Crippen LogP) is 15.5. The summed E-state index contributed by atoms with van der Waals surface area (Å²) in [4.78, 5) is 0. The van der Waals surface area contributed by atoms with E-state index >= 15 is 0 Å². The number of aromatic nitrogens is 2. The molecular weight excluding hydrogens is 830 g/mol. The first-order valence-electron chi connectivity index (χ1n) is 24.0. The lowest BCUT2D eigenvalue weighted by Gasteiger charge is -2.41. The van der Waals surface area contributed by atoms with Gasteiger partial charge in [-0.05, 0) is 126 Å². The molecule has 0 saturated heterocycles. The molecule has 322 valence electrons. The van der Waals surface area contributed by atoms with Gasteiger partial charge in [0.05, 0.1) is 27.8 Å². The summed E-state index contributed by atoms with van der Waals surface area (Å²) < 4.78 is 7.89. The van der Waals surface area contributed by atoms with Crippen LogP contribution < -0.4 is 16.2 Å². The Hall–Kier alpha value is -7.08. The van der Waals surface area contributed by atoms with Crippen LogP contribution in [0.15, 0.2) is 158 Å². The van der Waals surface area contributed by atoms with E-state index in [4.69, 9.17) is 0 Å². The van der Waals surface area contributed by atoms with Crippen LogP contribution >= 0.6 is 11.3 Å². The summed E-state index contributed by atoms with van der Waals surface area (Å²) in [7, 11) is 0.827. The second-order valence-electron chi connectivity index (χ2n) is 21.0. The molecule has 12 aromatic rings. The molecule has 0 atom stereocenters. The van der Waals surface area contributed by atoms with E-state index in [0.29, 0.717) is 0 Å². The third kappa shape index (κ3) is 5.58. The number of nitrogens with zero attached hydrogens (tertiary/aromatic N) is 2. The van der Waals surface area contributed by atoms with Gasteiger partial charge < -0.3 is 14.5 Å². The lowest BCUT2D eigenvalue weighted by Crippen LogP contribution is -2.37. The normalized spacial score (nSPS) is 15.0. The number of fused-ring (bicyclic) bond motifs is 14. The van der Waals surface area contributed by atoms with Gasteiger partial charge in [-0.1, -0.05) is 141 Å². The number of hydrogen-bond acceptors (Lipinski definition) is 2. The zero-order valence-corrected chi connectivity index (χ0v) is 39.8. The average molecular weight is 880 g/mol. The Morgan fingerprint density at radius 1 is 0.507 bits per heavy atom. The molecule has 67 heavy (non-hydrogen) atoms. The van der Waals surface area contributed by atoms with Crippen molar-refractivity contribution in [3.63, 3.8) is 0 Å². The van der Waals surface area contributed by atoms with Crippen LogP contribution in [0, 0.1) is 13.8 Å². The van der Waals surface area contributed by atoms with Gasteiger partial charge in [0.2, 0.25) is 0 Å². The summed E-state index contributed by atoms with van der Waals surface area (Å²) >= 11 is 1.94. The van der Waals surface area contributed by atoms with Gasteiger partial charge in [-0.2, -0.15) is 0 Å². The van der Waals surface area contributed by atoms with E-state index in [1.165, 1.54) is 143 Å². The zero-order valence-electron chi connectivity index (χ0n) is 38.9. The molecule has 3 nitrogen and oxygen atoms in total. The molecule has 9 aromatic carbocycles. The lowest BCUT2D eigenvalue weighted by molar-refractivity contribution is 0.332. The first-order chi connectivity index (χ1) is 32.5. The minimum atomic E-state index is 0.110. The maximum Gasteiger partial charge on any atom is 0.198 e. The number of thiophene rings is 1. The largest absolute Gasteiger partial charge is 0.355 e. The second-order valence-corrected chi connectivity index (χ2v) is 22.1. The number of aryl methyl sites for hydroxylation is 2. The summed E-state index contributed by atoms with van der Waals surface area (Å²) in [6.07, 6.45) is 2.39. The van der Waals surface area contributed by atoms with Gasteiger partial charge in [-0.15, -0.1) is 11.3 Å². The monoisotopic (exact) mass is 879 g/mol. The molecule has 0 saturated carbocycles. The highest BCUT2D eigenvalue weighted by atomic mass is 32.1. The van der Waals surface area contributed by atoms with E-state index in [1.807, 2.05) is 11.3 Å². The molecule has 1 aliphatic heterocycles. The highest BCUT2D eigenvalue weighted by molar-refractivity contribution is 7.25. The first-order valence-corrected chi connectivity index (χ1v) is 24.8. The highest BCUT2D eigenvalue weighted by Crippen LogP contribution is 2.51. The van der Waals surface area contributed by atoms with Crippen molar-refractivity contribution in [1.29, 1.82) is 0 Å². The van der Waals surface area contributed by atoms with Crippen molar-refractivity contribution in [2.45, 2.75) is 65.2 Å². The number of rotatable bonds is 4. The van der Waals surface area contributed by atoms with E-state index in [9.17, 15) is 0 Å². The Balaban J connectivity index is 1.18. The van der Waals surface area contributed by atoms with E-state index in [2.05, 4.69) is 214 Å². The summed E-state index contributed by atoms with van der Waals surface area (Å²) in [5.74, 6) is 0. The summed E-state index contributed by atoms with van der Waals surface area (Å²) in [6.45, 7) is 14.2. The first kappa shape index (κ1) is 39.1. The Kier molecular flexibility index (Phi) is 8.03. The Morgan fingerprint density at radius 2 is 1.15 bits per heavy atom.